The minimum Gasteiger partial charge on any atom is -0.493 e. The monoisotopic (exact) mass is 319 g/mol. The Morgan fingerprint density at radius 3 is 2.57 bits per heavy atom. The average molecular weight is 319 g/mol. The molecule has 0 aromatic carbocycles. The number of nitrogens with zero attached hydrogens (tertiary/aromatic N) is 1. The highest BCUT2D eigenvalue weighted by molar-refractivity contribution is 5.44. The molecule has 4 rings (SSSR count). The van der Waals surface area contributed by atoms with Crippen LogP contribution in [-0.2, 0) is 14.4 Å². The average Bonchev–Trinajstić information content (AvgIpc) is 3.37. The first-order valence-corrected chi connectivity index (χ1v) is 8.26. The van der Waals surface area contributed by atoms with E-state index in [4.69, 9.17) is 4.74 Å². The molecule has 1 aliphatic heterocycles. The van der Waals surface area contributed by atoms with Gasteiger partial charge in [-0.15, -0.1) is 13.2 Å². The molecule has 128 valence electrons. The van der Waals surface area contributed by atoms with E-state index in [-0.39, 0.29) is 0 Å². The van der Waals surface area contributed by atoms with Gasteiger partial charge < -0.3 is 4.74 Å². The van der Waals surface area contributed by atoms with Crippen molar-refractivity contribution in [1.29, 1.82) is 0 Å². The van der Waals surface area contributed by atoms with Crippen molar-refractivity contribution in [2.75, 3.05) is 20.8 Å². The summed E-state index contributed by atoms with van der Waals surface area (Å²) in [5.41, 5.74) is 2.28. The Bertz CT molecular complexity index is 509. The lowest BCUT2D eigenvalue weighted by Gasteiger charge is -2.04. The molecular formula is C19H29NO3. The van der Waals surface area contributed by atoms with Crippen molar-refractivity contribution in [3.63, 3.8) is 0 Å². The van der Waals surface area contributed by atoms with E-state index in [1.165, 1.54) is 32.8 Å². The number of allylic oxidation sites excluding steroid dienone is 2. The van der Waals surface area contributed by atoms with E-state index in [1.54, 1.807) is 5.57 Å². The second-order valence-electron chi connectivity index (χ2n) is 7.16. The lowest BCUT2D eigenvalue weighted by molar-refractivity contribution is -0.153. The minimum atomic E-state index is 0.583. The Labute approximate surface area is 139 Å². The Balaban J connectivity index is 0.000000207. The molecule has 0 aromatic heterocycles. The Kier molecular flexibility index (Phi) is 5.35. The van der Waals surface area contributed by atoms with Crippen LogP contribution in [0, 0.1) is 29.1 Å². The first-order chi connectivity index (χ1) is 11.0. The Morgan fingerprint density at radius 2 is 2.09 bits per heavy atom. The summed E-state index contributed by atoms with van der Waals surface area (Å²) in [5, 5.41) is 1.07. The lowest BCUT2D eigenvalue weighted by Crippen LogP contribution is -2.12. The van der Waals surface area contributed by atoms with E-state index < -0.39 is 0 Å². The molecule has 4 heteroatoms. The van der Waals surface area contributed by atoms with Crippen LogP contribution in [0.5, 0.6) is 0 Å². The van der Waals surface area contributed by atoms with Gasteiger partial charge in [0.1, 0.15) is 5.76 Å². The van der Waals surface area contributed by atoms with Crippen LogP contribution < -0.4 is 0 Å². The van der Waals surface area contributed by atoms with Gasteiger partial charge in [-0.25, -0.2) is 5.06 Å². The Morgan fingerprint density at radius 1 is 1.43 bits per heavy atom. The van der Waals surface area contributed by atoms with Gasteiger partial charge in [0.2, 0.25) is 6.41 Å². The molecule has 4 aliphatic rings. The molecule has 23 heavy (non-hydrogen) atoms. The summed E-state index contributed by atoms with van der Waals surface area (Å²) in [7, 11) is 2.95. The molecule has 0 radical (unpaired) electrons. The fourth-order valence-electron chi connectivity index (χ4n) is 3.97. The van der Waals surface area contributed by atoms with Gasteiger partial charge >= 0.3 is 0 Å². The zero-order valence-corrected chi connectivity index (χ0v) is 14.7. The third-order valence-corrected chi connectivity index (χ3v) is 5.44. The van der Waals surface area contributed by atoms with Gasteiger partial charge in [0.15, 0.2) is 0 Å². The highest BCUT2D eigenvalue weighted by atomic mass is 16.7. The summed E-state index contributed by atoms with van der Waals surface area (Å²) in [6.45, 7) is 11.8. The van der Waals surface area contributed by atoms with Gasteiger partial charge in [-0.05, 0) is 47.2 Å². The fraction of sp³-hybridized carbons (Fsp3) is 0.632. The van der Waals surface area contributed by atoms with Gasteiger partial charge in [0.25, 0.3) is 0 Å². The maximum Gasteiger partial charge on any atom is 0.233 e. The number of carbonyl (C=O) groups excluding carboxylic acids is 1. The van der Waals surface area contributed by atoms with Crippen molar-refractivity contribution in [2.45, 2.75) is 26.7 Å². The third-order valence-electron chi connectivity index (χ3n) is 5.44. The standard InChI is InChI=1S/C14H18O.C3H7NO2.C2H4/c1-14(2)7-10(14)13-9-3-4-11-8(12(9)13)5-6-15-11;1-4(3-5)6-2;1-2/h3-4,9-10,12-13H,5-7H2,1-2H3;3H,1-2H3;1-2H2/t9?,10-,12?,13?;;/m0../s1. The summed E-state index contributed by atoms with van der Waals surface area (Å²) < 4.78 is 5.65. The van der Waals surface area contributed by atoms with Crippen LogP contribution in [0.2, 0.25) is 0 Å². The predicted molar refractivity (Wildman–Crippen MR) is 91.2 cm³/mol. The van der Waals surface area contributed by atoms with Gasteiger partial charge in [0, 0.05) is 13.5 Å². The summed E-state index contributed by atoms with van der Waals surface area (Å²) in [6, 6.07) is 0. The second kappa shape index (κ2) is 6.91. The first-order valence-electron chi connectivity index (χ1n) is 8.26. The van der Waals surface area contributed by atoms with Crippen LogP contribution in [0.3, 0.4) is 0 Å². The van der Waals surface area contributed by atoms with Crippen molar-refractivity contribution < 1.29 is 14.4 Å². The smallest absolute Gasteiger partial charge is 0.233 e. The van der Waals surface area contributed by atoms with Crippen LogP contribution in [-0.4, -0.2) is 32.2 Å². The molecule has 0 bridgehead atoms. The van der Waals surface area contributed by atoms with E-state index in [0.29, 0.717) is 11.8 Å². The normalized spacial score (nSPS) is 33.7. The second-order valence-corrected chi connectivity index (χ2v) is 7.16. The van der Waals surface area contributed by atoms with Crippen LogP contribution in [0.25, 0.3) is 0 Å². The number of carbonyl (C=O) groups is 1. The molecule has 0 N–H and O–H groups in total. The molecule has 3 aliphatic carbocycles. The molecule has 2 fully saturated rings. The molecule has 0 spiro atoms. The maximum absolute atomic E-state index is 9.54. The van der Waals surface area contributed by atoms with Crippen LogP contribution in [0.4, 0.5) is 0 Å². The summed E-state index contributed by atoms with van der Waals surface area (Å²) in [6.07, 6.45) is 7.87. The highest BCUT2D eigenvalue weighted by Crippen LogP contribution is 2.71. The van der Waals surface area contributed by atoms with Gasteiger partial charge in [0.05, 0.1) is 13.7 Å². The molecular weight excluding hydrogens is 290 g/mol. The lowest BCUT2D eigenvalue weighted by atomic mass is 10.0. The van der Waals surface area contributed by atoms with E-state index in [1.807, 2.05) is 0 Å². The van der Waals surface area contributed by atoms with Crippen LogP contribution in [0.1, 0.15) is 26.7 Å². The molecule has 4 nitrogen and oxygen atoms in total. The Hall–Kier alpha value is -1.55. The molecule has 2 saturated carbocycles. The van der Waals surface area contributed by atoms with Crippen molar-refractivity contribution in [3.05, 3.63) is 36.6 Å². The molecule has 0 saturated heterocycles. The molecule has 3 unspecified atom stereocenters. The SMILES string of the molecule is C=C.CC1(C)C[C@H]1C1C2C=CC3=C(CCO3)C21.CON(C)C=O. The number of rotatable bonds is 3. The summed E-state index contributed by atoms with van der Waals surface area (Å²) >= 11 is 0. The van der Waals surface area contributed by atoms with Gasteiger partial charge in [-0.2, -0.15) is 0 Å². The zero-order chi connectivity index (χ0) is 17.2. The van der Waals surface area contributed by atoms with Crippen LogP contribution in [0.15, 0.2) is 36.6 Å². The zero-order valence-electron chi connectivity index (χ0n) is 14.7. The number of ether oxygens (including phenoxy) is 1. The maximum atomic E-state index is 9.54. The summed E-state index contributed by atoms with van der Waals surface area (Å²) in [4.78, 5) is 13.9. The van der Waals surface area contributed by atoms with E-state index in [2.05, 4.69) is 44.0 Å². The predicted octanol–water partition coefficient (Wildman–Crippen LogP) is 3.58. The van der Waals surface area contributed by atoms with Crippen molar-refractivity contribution in [3.8, 4) is 0 Å². The largest absolute Gasteiger partial charge is 0.493 e. The third kappa shape index (κ3) is 3.52. The fourth-order valence-corrected chi connectivity index (χ4v) is 3.97. The van der Waals surface area contributed by atoms with Crippen molar-refractivity contribution in [2.24, 2.45) is 29.1 Å². The van der Waals surface area contributed by atoms with Gasteiger partial charge in [-0.1, -0.05) is 19.9 Å². The molecule has 1 amide bonds. The molecule has 4 atom stereocenters. The molecule has 0 aromatic rings. The quantitative estimate of drug-likeness (QED) is 0.453. The molecule has 1 heterocycles. The number of fused-ring (bicyclic) bond motifs is 2. The van der Waals surface area contributed by atoms with Crippen molar-refractivity contribution in [1.82, 2.24) is 5.06 Å². The van der Waals surface area contributed by atoms with E-state index >= 15 is 0 Å². The highest BCUT2D eigenvalue weighted by Gasteiger charge is 2.65. The van der Waals surface area contributed by atoms with Crippen LogP contribution >= 0.6 is 0 Å². The topological polar surface area (TPSA) is 38.8 Å². The number of hydrogen-bond acceptors (Lipinski definition) is 3. The van der Waals surface area contributed by atoms with E-state index in [9.17, 15) is 4.79 Å². The number of amides is 1. The minimum absolute atomic E-state index is 0.583. The van der Waals surface area contributed by atoms with Crippen molar-refractivity contribution >= 4 is 6.41 Å². The number of hydrogen-bond donors (Lipinski definition) is 0. The summed E-state index contributed by atoms with van der Waals surface area (Å²) in [5.74, 6) is 4.92. The number of hydroxylamine groups is 2. The first kappa shape index (κ1) is 17.8. The van der Waals surface area contributed by atoms with Gasteiger partial charge in [-0.3, -0.25) is 9.63 Å². The van der Waals surface area contributed by atoms with E-state index in [0.717, 1.165) is 35.3 Å².